The highest BCUT2D eigenvalue weighted by Gasteiger charge is 2.56. The van der Waals surface area contributed by atoms with Crippen molar-refractivity contribution in [2.45, 2.75) is 99.9 Å². The van der Waals surface area contributed by atoms with E-state index in [0.29, 0.717) is 24.3 Å². The van der Waals surface area contributed by atoms with E-state index in [2.05, 4.69) is 32.4 Å². The first-order chi connectivity index (χ1) is 19.0. The molecule has 0 unspecified atom stereocenters. The van der Waals surface area contributed by atoms with Crippen LogP contribution in [0, 0.1) is 0 Å². The topological polar surface area (TPSA) is 128 Å². The number of nitrogens with one attached hydrogen (secondary N) is 1. The molecule has 208 valence electrons. The SMILES string of the molecule is [N-]=[N+]=N[C@@H]1CN(C(=O)C2(NC(=O)c3ccc(C4CCN(C5CCC5)CC4)cc3)CCCCC2)[C@@H]2C(=O)CO[C@@H]21. The van der Waals surface area contributed by atoms with E-state index in [-0.39, 0.29) is 30.7 Å². The first kappa shape index (κ1) is 26.3. The zero-order valence-corrected chi connectivity index (χ0v) is 22.5. The third-order valence-electron chi connectivity index (χ3n) is 9.85. The van der Waals surface area contributed by atoms with Gasteiger partial charge in [0, 0.05) is 23.1 Å². The minimum Gasteiger partial charge on any atom is -0.367 e. The number of azide groups is 1. The molecule has 39 heavy (non-hydrogen) atoms. The summed E-state index contributed by atoms with van der Waals surface area (Å²) in [4.78, 5) is 47.2. The lowest BCUT2D eigenvalue weighted by Crippen LogP contribution is -2.62. The van der Waals surface area contributed by atoms with Crippen molar-refractivity contribution in [3.05, 3.63) is 45.8 Å². The average Bonchev–Trinajstić information content (AvgIpc) is 3.49. The third-order valence-corrected chi connectivity index (χ3v) is 9.85. The number of fused-ring (bicyclic) bond motifs is 1. The molecular weight excluding hydrogens is 496 g/mol. The van der Waals surface area contributed by atoms with E-state index in [9.17, 15) is 14.4 Å². The number of nitrogens with zero attached hydrogens (tertiary/aromatic N) is 5. The first-order valence-corrected chi connectivity index (χ1v) is 14.7. The Kier molecular flexibility index (Phi) is 7.35. The van der Waals surface area contributed by atoms with Crippen molar-refractivity contribution in [2.24, 2.45) is 5.11 Å². The Hall–Kier alpha value is -2.94. The fourth-order valence-corrected chi connectivity index (χ4v) is 7.38. The smallest absolute Gasteiger partial charge is 0.252 e. The van der Waals surface area contributed by atoms with E-state index in [1.165, 1.54) is 29.7 Å². The number of Topliss-reactive ketones (excluding diaryl/α,β-unsaturated/α-hetero) is 1. The fourth-order valence-electron chi connectivity index (χ4n) is 7.38. The van der Waals surface area contributed by atoms with Crippen LogP contribution in [-0.2, 0) is 14.3 Å². The summed E-state index contributed by atoms with van der Waals surface area (Å²) in [6.45, 7) is 2.32. The van der Waals surface area contributed by atoms with Crippen molar-refractivity contribution in [3.8, 4) is 0 Å². The van der Waals surface area contributed by atoms with Crippen LogP contribution in [0.2, 0.25) is 0 Å². The summed E-state index contributed by atoms with van der Waals surface area (Å²) >= 11 is 0. The molecule has 5 aliphatic rings. The summed E-state index contributed by atoms with van der Waals surface area (Å²) in [5, 5.41) is 6.90. The minimum atomic E-state index is -1.08. The van der Waals surface area contributed by atoms with Gasteiger partial charge in [-0.05, 0) is 80.8 Å². The van der Waals surface area contributed by atoms with Crippen LogP contribution in [0.5, 0.6) is 0 Å². The Balaban J connectivity index is 1.15. The predicted octanol–water partition coefficient (Wildman–Crippen LogP) is 3.71. The van der Waals surface area contributed by atoms with Crippen LogP contribution in [0.3, 0.4) is 0 Å². The molecule has 6 rings (SSSR count). The standard InChI is InChI=1S/C29H38N6O4/c30-33-32-23-17-35(25-24(36)18-39-26(23)25)28(38)29(13-2-1-3-14-29)31-27(37)21-9-7-19(8-10-21)20-11-15-34(16-12-20)22-5-4-6-22/h7-10,20,22-23,25-26H,1-6,11-18H2,(H,31,37)/t23-,25-,26-/m1/s1. The average molecular weight is 535 g/mol. The zero-order chi connectivity index (χ0) is 27.0. The van der Waals surface area contributed by atoms with Gasteiger partial charge >= 0.3 is 0 Å². The van der Waals surface area contributed by atoms with Crippen molar-refractivity contribution in [2.75, 3.05) is 26.2 Å². The molecule has 3 atom stereocenters. The maximum atomic E-state index is 14.1. The monoisotopic (exact) mass is 534 g/mol. The molecule has 0 spiro atoms. The summed E-state index contributed by atoms with van der Waals surface area (Å²) in [7, 11) is 0. The van der Waals surface area contributed by atoms with Crippen LogP contribution in [-0.4, -0.2) is 83.4 Å². The lowest BCUT2D eigenvalue weighted by Gasteiger charge is -2.42. The number of ketones is 1. The van der Waals surface area contributed by atoms with Gasteiger partial charge in [-0.15, -0.1) is 0 Å². The van der Waals surface area contributed by atoms with Gasteiger partial charge in [-0.2, -0.15) is 0 Å². The Bertz CT molecular complexity index is 1150. The second-order valence-corrected chi connectivity index (χ2v) is 12.0. The molecule has 3 saturated heterocycles. The van der Waals surface area contributed by atoms with Crippen molar-refractivity contribution < 1.29 is 19.1 Å². The van der Waals surface area contributed by atoms with Gasteiger partial charge in [-0.3, -0.25) is 14.4 Å². The van der Waals surface area contributed by atoms with Gasteiger partial charge in [0.1, 0.15) is 18.2 Å². The second-order valence-electron chi connectivity index (χ2n) is 12.0. The number of likely N-dealkylation sites (tertiary alicyclic amines) is 2. The number of hydrogen-bond acceptors (Lipinski definition) is 6. The van der Waals surface area contributed by atoms with Crippen LogP contribution >= 0.6 is 0 Å². The van der Waals surface area contributed by atoms with E-state index >= 15 is 0 Å². The largest absolute Gasteiger partial charge is 0.367 e. The summed E-state index contributed by atoms with van der Waals surface area (Å²) in [6.07, 6.45) is 9.39. The van der Waals surface area contributed by atoms with Crippen LogP contribution in [0.4, 0.5) is 0 Å². The fraction of sp³-hybridized carbons (Fsp3) is 0.690. The Morgan fingerprint density at radius 3 is 2.38 bits per heavy atom. The number of hydrogen-bond donors (Lipinski definition) is 1. The molecule has 5 fully saturated rings. The number of carbonyl (C=O) groups is 3. The number of benzene rings is 1. The number of carbonyl (C=O) groups excluding carboxylic acids is 3. The number of ether oxygens (including phenoxy) is 1. The van der Waals surface area contributed by atoms with Crippen molar-refractivity contribution in [1.29, 1.82) is 0 Å². The van der Waals surface area contributed by atoms with Crippen LogP contribution < -0.4 is 5.32 Å². The number of piperidine rings is 1. The van der Waals surface area contributed by atoms with Crippen molar-refractivity contribution in [1.82, 2.24) is 15.1 Å². The molecule has 10 heteroatoms. The summed E-state index contributed by atoms with van der Waals surface area (Å²) in [6, 6.07) is 7.31. The molecule has 2 amide bonds. The zero-order valence-electron chi connectivity index (χ0n) is 22.5. The third kappa shape index (κ3) is 4.94. The van der Waals surface area contributed by atoms with Gasteiger partial charge in [0.2, 0.25) is 5.91 Å². The summed E-state index contributed by atoms with van der Waals surface area (Å²) in [5.41, 5.74) is 9.71. The quantitative estimate of drug-likeness (QED) is 0.338. The first-order valence-electron chi connectivity index (χ1n) is 14.7. The Labute approximate surface area is 229 Å². The molecule has 0 bridgehead atoms. The van der Waals surface area contributed by atoms with E-state index in [1.54, 1.807) is 0 Å². The lowest BCUT2D eigenvalue weighted by molar-refractivity contribution is -0.143. The van der Waals surface area contributed by atoms with Gasteiger partial charge in [-0.25, -0.2) is 0 Å². The highest BCUT2D eigenvalue weighted by Crippen LogP contribution is 2.37. The Morgan fingerprint density at radius 1 is 1.03 bits per heavy atom. The second kappa shape index (κ2) is 10.9. The van der Waals surface area contributed by atoms with Gasteiger partial charge < -0.3 is 19.9 Å². The molecule has 2 saturated carbocycles. The maximum Gasteiger partial charge on any atom is 0.252 e. The van der Waals surface area contributed by atoms with Crippen molar-refractivity contribution in [3.63, 3.8) is 0 Å². The number of rotatable bonds is 6. The summed E-state index contributed by atoms with van der Waals surface area (Å²) < 4.78 is 5.59. The van der Waals surface area contributed by atoms with Crippen LogP contribution in [0.15, 0.2) is 29.4 Å². The van der Waals surface area contributed by atoms with Gasteiger partial charge in [0.15, 0.2) is 5.78 Å². The summed E-state index contributed by atoms with van der Waals surface area (Å²) in [5.74, 6) is -0.207. The molecule has 2 aliphatic carbocycles. The van der Waals surface area contributed by atoms with Gasteiger partial charge in [0.05, 0.1) is 12.1 Å². The van der Waals surface area contributed by atoms with Gasteiger partial charge in [0.25, 0.3) is 5.91 Å². The van der Waals surface area contributed by atoms with Gasteiger partial charge in [-0.1, -0.05) is 42.9 Å². The number of amides is 2. The Morgan fingerprint density at radius 2 is 1.74 bits per heavy atom. The molecule has 0 radical (unpaired) electrons. The highest BCUT2D eigenvalue weighted by atomic mass is 16.5. The van der Waals surface area contributed by atoms with E-state index in [1.807, 2.05) is 12.1 Å². The van der Waals surface area contributed by atoms with E-state index < -0.39 is 23.7 Å². The molecule has 0 aromatic heterocycles. The normalized spacial score (nSPS) is 29.4. The lowest BCUT2D eigenvalue weighted by atomic mass is 9.80. The predicted molar refractivity (Wildman–Crippen MR) is 144 cm³/mol. The molecule has 1 N–H and O–H groups in total. The molecule has 1 aromatic carbocycles. The molecular formula is C29H38N6O4. The van der Waals surface area contributed by atoms with Crippen LogP contribution in [0.25, 0.3) is 10.4 Å². The maximum absolute atomic E-state index is 14.1. The molecule has 1 aromatic rings. The van der Waals surface area contributed by atoms with E-state index in [0.717, 1.165) is 51.2 Å². The molecule has 10 nitrogen and oxygen atoms in total. The molecule has 3 aliphatic heterocycles. The highest BCUT2D eigenvalue weighted by molar-refractivity contribution is 6.01. The van der Waals surface area contributed by atoms with Crippen LogP contribution in [0.1, 0.15) is 86.0 Å². The molecule has 3 heterocycles. The minimum absolute atomic E-state index is 0.0954. The van der Waals surface area contributed by atoms with Crippen molar-refractivity contribution >= 4 is 17.6 Å². The van der Waals surface area contributed by atoms with E-state index in [4.69, 9.17) is 10.3 Å².